The molecule has 9 heteroatoms. The number of nitrogens with zero attached hydrogens (tertiary/aromatic N) is 1. The molecule has 1 saturated heterocycles. The van der Waals surface area contributed by atoms with Crippen LogP contribution in [0.1, 0.15) is 18.2 Å². The van der Waals surface area contributed by atoms with Gasteiger partial charge in [-0.3, -0.25) is 19.8 Å². The predicted octanol–water partition coefficient (Wildman–Crippen LogP) is 3.67. The van der Waals surface area contributed by atoms with Gasteiger partial charge in [-0.2, -0.15) is 0 Å². The lowest BCUT2D eigenvalue weighted by molar-refractivity contribution is -0.130. The van der Waals surface area contributed by atoms with Crippen LogP contribution in [0.5, 0.6) is 11.5 Å². The van der Waals surface area contributed by atoms with Crippen LogP contribution in [-0.4, -0.2) is 36.0 Å². The monoisotopic (exact) mass is 474 g/mol. The van der Waals surface area contributed by atoms with Crippen molar-refractivity contribution in [2.24, 2.45) is 0 Å². The number of rotatable bonds is 8. The van der Waals surface area contributed by atoms with Gasteiger partial charge in [0.2, 0.25) is 0 Å². The number of nitrogens with one attached hydrogen (secondary N) is 1. The highest BCUT2D eigenvalue weighted by Gasteiger charge is 2.36. The van der Waals surface area contributed by atoms with E-state index >= 15 is 0 Å². The van der Waals surface area contributed by atoms with E-state index in [1.54, 1.807) is 30.3 Å². The Kier molecular flexibility index (Phi) is 6.73. The lowest BCUT2D eigenvalue weighted by atomic mass is 10.1. The average Bonchev–Trinajstić information content (AvgIpc) is 3.22. The fourth-order valence-corrected chi connectivity index (χ4v) is 3.18. The van der Waals surface area contributed by atoms with Crippen LogP contribution in [0.25, 0.3) is 6.08 Å². The van der Waals surface area contributed by atoms with Crippen LogP contribution in [0.15, 0.2) is 57.6 Å². The molecule has 3 rings (SSSR count). The summed E-state index contributed by atoms with van der Waals surface area (Å²) in [6, 6.07) is 5.80. The summed E-state index contributed by atoms with van der Waals surface area (Å²) in [6.07, 6.45) is 4.43. The molecule has 2 heterocycles. The summed E-state index contributed by atoms with van der Waals surface area (Å²) in [5.41, 5.74) is 0.319. The summed E-state index contributed by atoms with van der Waals surface area (Å²) in [7, 11) is 0. The van der Waals surface area contributed by atoms with Gasteiger partial charge in [0.1, 0.15) is 17.9 Å². The SMILES string of the molecule is C=CCOc1cc(Br)c(/C=C2\C(=O)NC(=O)N(Cc3ccco3)C2=O)cc1OCC. The van der Waals surface area contributed by atoms with Crippen LogP contribution in [0.3, 0.4) is 0 Å². The van der Waals surface area contributed by atoms with Crippen LogP contribution in [0, 0.1) is 0 Å². The van der Waals surface area contributed by atoms with E-state index in [0.29, 0.717) is 33.9 Å². The second-order valence-corrected chi connectivity index (χ2v) is 7.00. The number of carbonyl (C=O) groups is 3. The van der Waals surface area contributed by atoms with E-state index in [9.17, 15) is 14.4 Å². The molecule has 1 fully saturated rings. The minimum absolute atomic E-state index is 0.0953. The first-order valence-electron chi connectivity index (χ1n) is 9.05. The van der Waals surface area contributed by atoms with Crippen molar-refractivity contribution in [3.63, 3.8) is 0 Å². The number of ether oxygens (including phenoxy) is 2. The molecular formula is C21H19BrN2O6. The molecule has 1 aromatic heterocycles. The molecule has 8 nitrogen and oxygen atoms in total. The highest BCUT2D eigenvalue weighted by Crippen LogP contribution is 2.35. The molecule has 0 spiro atoms. The van der Waals surface area contributed by atoms with Crippen LogP contribution < -0.4 is 14.8 Å². The number of hydrogen-bond donors (Lipinski definition) is 1. The predicted molar refractivity (Wildman–Crippen MR) is 112 cm³/mol. The Morgan fingerprint density at radius 3 is 2.67 bits per heavy atom. The second kappa shape index (κ2) is 9.45. The van der Waals surface area contributed by atoms with E-state index in [4.69, 9.17) is 13.9 Å². The Hall–Kier alpha value is -3.33. The minimum atomic E-state index is -0.805. The quantitative estimate of drug-likeness (QED) is 0.356. The van der Waals surface area contributed by atoms with Crippen molar-refractivity contribution in [2.45, 2.75) is 13.5 Å². The Morgan fingerprint density at radius 1 is 1.23 bits per heavy atom. The minimum Gasteiger partial charge on any atom is -0.490 e. The summed E-state index contributed by atoms with van der Waals surface area (Å²) in [5.74, 6) is -0.160. The van der Waals surface area contributed by atoms with Crippen molar-refractivity contribution < 1.29 is 28.3 Å². The normalized spacial score (nSPS) is 15.3. The summed E-state index contributed by atoms with van der Waals surface area (Å²) in [4.78, 5) is 38.3. The first kappa shape index (κ1) is 21.4. The highest BCUT2D eigenvalue weighted by atomic mass is 79.9. The molecule has 2 aromatic rings. The van der Waals surface area contributed by atoms with Gasteiger partial charge in [0, 0.05) is 4.47 Å². The fourth-order valence-electron chi connectivity index (χ4n) is 2.74. The standard InChI is InChI=1S/C21H19BrN2O6/c1-3-7-30-18-11-16(22)13(10-17(18)28-4-2)9-15-19(25)23-21(27)24(20(15)26)12-14-6-5-8-29-14/h3,5-6,8-11H,1,4,7,12H2,2H3,(H,23,25,27)/b15-9+. The van der Waals surface area contributed by atoms with Crippen molar-refractivity contribution >= 4 is 39.9 Å². The molecule has 0 atom stereocenters. The zero-order chi connectivity index (χ0) is 21.7. The Balaban J connectivity index is 1.96. The van der Waals surface area contributed by atoms with Crippen molar-refractivity contribution in [3.8, 4) is 11.5 Å². The first-order chi connectivity index (χ1) is 14.4. The number of benzene rings is 1. The van der Waals surface area contributed by atoms with Gasteiger partial charge in [-0.25, -0.2) is 4.79 Å². The van der Waals surface area contributed by atoms with Crippen molar-refractivity contribution in [3.05, 3.63) is 64.6 Å². The average molecular weight is 475 g/mol. The molecule has 0 radical (unpaired) electrons. The van der Waals surface area contributed by atoms with Crippen molar-refractivity contribution in [1.29, 1.82) is 0 Å². The maximum Gasteiger partial charge on any atom is 0.331 e. The van der Waals surface area contributed by atoms with Gasteiger partial charge in [0.25, 0.3) is 11.8 Å². The van der Waals surface area contributed by atoms with E-state index in [2.05, 4.69) is 27.8 Å². The number of urea groups is 1. The van der Waals surface area contributed by atoms with Crippen LogP contribution in [0.4, 0.5) is 4.79 Å². The van der Waals surface area contributed by atoms with Crippen LogP contribution in [0.2, 0.25) is 0 Å². The van der Waals surface area contributed by atoms with Gasteiger partial charge in [-0.15, -0.1) is 0 Å². The topological polar surface area (TPSA) is 98.1 Å². The third-order valence-corrected chi connectivity index (χ3v) is 4.79. The number of imide groups is 2. The lowest BCUT2D eigenvalue weighted by Gasteiger charge is -2.25. The molecule has 1 aliphatic rings. The third-order valence-electron chi connectivity index (χ3n) is 4.10. The van der Waals surface area contributed by atoms with E-state index in [0.717, 1.165) is 4.90 Å². The number of carbonyl (C=O) groups excluding carboxylic acids is 3. The Bertz CT molecular complexity index is 1010. The highest BCUT2D eigenvalue weighted by molar-refractivity contribution is 9.10. The zero-order valence-corrected chi connectivity index (χ0v) is 17.7. The maximum atomic E-state index is 12.9. The maximum absolute atomic E-state index is 12.9. The molecule has 4 amide bonds. The molecule has 0 aliphatic carbocycles. The molecule has 1 aromatic carbocycles. The van der Waals surface area contributed by atoms with Crippen molar-refractivity contribution in [1.82, 2.24) is 10.2 Å². The summed E-state index contributed by atoms with van der Waals surface area (Å²) in [5, 5.41) is 2.18. The first-order valence-corrected chi connectivity index (χ1v) is 9.85. The number of halogens is 1. The van der Waals surface area contributed by atoms with E-state index in [1.165, 1.54) is 12.3 Å². The number of furan rings is 1. The van der Waals surface area contributed by atoms with Gasteiger partial charge < -0.3 is 13.9 Å². The zero-order valence-electron chi connectivity index (χ0n) is 16.1. The summed E-state index contributed by atoms with van der Waals surface area (Å²) < 4.78 is 17.0. The molecule has 156 valence electrons. The second-order valence-electron chi connectivity index (χ2n) is 6.14. The Labute approximate surface area is 181 Å². The largest absolute Gasteiger partial charge is 0.490 e. The number of barbiturate groups is 1. The molecule has 1 N–H and O–H groups in total. The number of hydrogen-bond acceptors (Lipinski definition) is 6. The van der Waals surface area contributed by atoms with Crippen LogP contribution in [-0.2, 0) is 16.1 Å². The summed E-state index contributed by atoms with van der Waals surface area (Å²) in [6.45, 7) is 6.03. The summed E-state index contributed by atoms with van der Waals surface area (Å²) >= 11 is 3.42. The smallest absolute Gasteiger partial charge is 0.331 e. The van der Waals surface area contributed by atoms with Crippen LogP contribution >= 0.6 is 15.9 Å². The van der Waals surface area contributed by atoms with E-state index < -0.39 is 17.8 Å². The molecular weight excluding hydrogens is 456 g/mol. The van der Waals surface area contributed by atoms with Gasteiger partial charge in [-0.05, 0) is 42.8 Å². The van der Waals surface area contributed by atoms with Crippen molar-refractivity contribution in [2.75, 3.05) is 13.2 Å². The Morgan fingerprint density at radius 2 is 2.00 bits per heavy atom. The molecule has 0 saturated carbocycles. The van der Waals surface area contributed by atoms with Gasteiger partial charge in [0.15, 0.2) is 11.5 Å². The van der Waals surface area contributed by atoms with E-state index in [-0.39, 0.29) is 18.7 Å². The fraction of sp³-hybridized carbons (Fsp3) is 0.190. The molecule has 30 heavy (non-hydrogen) atoms. The lowest BCUT2D eigenvalue weighted by Crippen LogP contribution is -2.53. The van der Waals surface area contributed by atoms with E-state index in [1.807, 2.05) is 6.92 Å². The van der Waals surface area contributed by atoms with Gasteiger partial charge >= 0.3 is 6.03 Å². The molecule has 0 bridgehead atoms. The molecule has 0 unspecified atom stereocenters. The third kappa shape index (κ3) is 4.62. The number of amides is 4. The van der Waals surface area contributed by atoms with Gasteiger partial charge in [0.05, 0.1) is 19.4 Å². The van der Waals surface area contributed by atoms with Gasteiger partial charge in [-0.1, -0.05) is 28.6 Å². The molecule has 1 aliphatic heterocycles.